The Kier molecular flexibility index (Phi) is 4.18. The molecule has 0 fully saturated rings. The van der Waals surface area contributed by atoms with E-state index in [1.807, 2.05) is 0 Å². The van der Waals surface area contributed by atoms with Gasteiger partial charge in [-0.2, -0.15) is 0 Å². The number of fused-ring (bicyclic) bond motifs is 1. The van der Waals surface area contributed by atoms with Crippen molar-refractivity contribution in [2.45, 2.75) is 11.4 Å². The summed E-state index contributed by atoms with van der Waals surface area (Å²) < 4.78 is 33.3. The fourth-order valence-corrected chi connectivity index (χ4v) is 2.27. The van der Waals surface area contributed by atoms with E-state index in [2.05, 4.69) is 10.3 Å². The third-order valence-corrected chi connectivity index (χ3v) is 3.70. The number of hydrogen-bond acceptors (Lipinski definition) is 6. The Morgan fingerprint density at radius 2 is 2.21 bits per heavy atom. The second-order valence-corrected chi connectivity index (χ2v) is 6.19. The molecule has 19 heavy (non-hydrogen) atoms. The maximum Gasteiger partial charge on any atom is 0.209 e. The average Bonchev–Trinajstić information content (AvgIpc) is 2.75. The Bertz CT molecular complexity index is 663. The molecule has 0 aliphatic carbocycles. The van der Waals surface area contributed by atoms with Crippen molar-refractivity contribution in [1.29, 1.82) is 0 Å². The predicted molar refractivity (Wildman–Crippen MR) is 70.7 cm³/mol. The molecule has 0 saturated heterocycles. The first-order valence-electron chi connectivity index (χ1n) is 5.80. The number of benzene rings is 1. The number of ether oxygens (including phenoxy) is 1. The van der Waals surface area contributed by atoms with Gasteiger partial charge < -0.3 is 14.5 Å². The van der Waals surface area contributed by atoms with Crippen LogP contribution >= 0.6 is 0 Å². The third kappa shape index (κ3) is 3.52. The summed E-state index contributed by atoms with van der Waals surface area (Å²) in [6, 6.07) is 4.66. The van der Waals surface area contributed by atoms with Gasteiger partial charge in [-0.1, -0.05) is 0 Å². The molecule has 0 bridgehead atoms. The lowest BCUT2D eigenvalue weighted by molar-refractivity contribution is 0.198. The van der Waals surface area contributed by atoms with E-state index in [1.165, 1.54) is 18.4 Å². The van der Waals surface area contributed by atoms with Crippen molar-refractivity contribution in [3.05, 3.63) is 24.1 Å². The van der Waals surface area contributed by atoms with Crippen molar-refractivity contribution in [2.75, 3.05) is 26.5 Å². The average molecular weight is 284 g/mol. The highest BCUT2D eigenvalue weighted by atomic mass is 32.2. The number of oxazole rings is 1. The molecule has 0 atom stereocenters. The van der Waals surface area contributed by atoms with Gasteiger partial charge in [-0.25, -0.2) is 13.4 Å². The van der Waals surface area contributed by atoms with Gasteiger partial charge in [0, 0.05) is 19.9 Å². The van der Waals surface area contributed by atoms with Gasteiger partial charge in [0.15, 0.2) is 15.4 Å². The zero-order valence-electron chi connectivity index (χ0n) is 10.8. The van der Waals surface area contributed by atoms with E-state index >= 15 is 0 Å². The SMILES string of the molecule is COCCNCc1nc2cc(S(C)(=O)=O)ccc2o1. The van der Waals surface area contributed by atoms with Crippen LogP contribution in [0.25, 0.3) is 11.1 Å². The van der Waals surface area contributed by atoms with Crippen LogP contribution in [-0.2, 0) is 21.1 Å². The van der Waals surface area contributed by atoms with Crippen molar-refractivity contribution >= 4 is 20.9 Å². The molecule has 0 radical (unpaired) electrons. The van der Waals surface area contributed by atoms with Gasteiger partial charge in [0.1, 0.15) is 5.52 Å². The Hall–Kier alpha value is -1.44. The van der Waals surface area contributed by atoms with Gasteiger partial charge in [-0.3, -0.25) is 0 Å². The van der Waals surface area contributed by atoms with E-state index in [9.17, 15) is 8.42 Å². The van der Waals surface area contributed by atoms with E-state index in [-0.39, 0.29) is 4.90 Å². The minimum Gasteiger partial charge on any atom is -0.439 e. The maximum atomic E-state index is 11.4. The summed E-state index contributed by atoms with van der Waals surface area (Å²) in [6.45, 7) is 1.79. The summed E-state index contributed by atoms with van der Waals surface area (Å²) in [5.41, 5.74) is 1.13. The Morgan fingerprint density at radius 1 is 1.42 bits per heavy atom. The highest BCUT2D eigenvalue weighted by molar-refractivity contribution is 7.90. The third-order valence-electron chi connectivity index (χ3n) is 2.59. The fourth-order valence-electron chi connectivity index (χ4n) is 1.63. The molecular weight excluding hydrogens is 268 g/mol. The second kappa shape index (κ2) is 5.68. The zero-order chi connectivity index (χ0) is 13.9. The molecule has 1 aromatic carbocycles. The number of nitrogens with zero attached hydrogens (tertiary/aromatic N) is 1. The van der Waals surface area contributed by atoms with Crippen LogP contribution < -0.4 is 5.32 Å². The monoisotopic (exact) mass is 284 g/mol. The largest absolute Gasteiger partial charge is 0.439 e. The first-order chi connectivity index (χ1) is 9.00. The first-order valence-corrected chi connectivity index (χ1v) is 7.69. The lowest BCUT2D eigenvalue weighted by Crippen LogP contribution is -2.18. The number of nitrogens with one attached hydrogen (secondary N) is 1. The predicted octanol–water partition coefficient (Wildman–Crippen LogP) is 0.967. The molecule has 1 N–H and O–H groups in total. The van der Waals surface area contributed by atoms with Crippen LogP contribution in [-0.4, -0.2) is 39.9 Å². The Labute approximate surface area is 111 Å². The Balaban J connectivity index is 2.17. The van der Waals surface area contributed by atoms with Crippen molar-refractivity contribution in [3.63, 3.8) is 0 Å². The highest BCUT2D eigenvalue weighted by Crippen LogP contribution is 2.19. The molecule has 0 aliphatic rings. The molecule has 7 heteroatoms. The Morgan fingerprint density at radius 3 is 2.89 bits per heavy atom. The lowest BCUT2D eigenvalue weighted by atomic mass is 10.3. The molecule has 2 aromatic rings. The quantitative estimate of drug-likeness (QED) is 0.796. The first kappa shape index (κ1) is 14.0. The fraction of sp³-hybridized carbons (Fsp3) is 0.417. The zero-order valence-corrected chi connectivity index (χ0v) is 11.7. The molecule has 6 nitrogen and oxygen atoms in total. The van der Waals surface area contributed by atoms with Crippen molar-refractivity contribution in [3.8, 4) is 0 Å². The van der Waals surface area contributed by atoms with Crippen LogP contribution in [0.5, 0.6) is 0 Å². The molecule has 0 spiro atoms. The van der Waals surface area contributed by atoms with Crippen LogP contribution in [0.15, 0.2) is 27.5 Å². The number of sulfone groups is 1. The van der Waals surface area contributed by atoms with Gasteiger partial charge in [0.25, 0.3) is 0 Å². The summed E-state index contributed by atoms with van der Waals surface area (Å²) in [7, 11) is -1.59. The number of aromatic nitrogens is 1. The molecule has 104 valence electrons. The van der Waals surface area contributed by atoms with E-state index in [4.69, 9.17) is 9.15 Å². The molecule has 0 aliphatic heterocycles. The van der Waals surface area contributed by atoms with Gasteiger partial charge in [0.2, 0.25) is 5.89 Å². The summed E-state index contributed by atoms with van der Waals surface area (Å²) in [5, 5.41) is 3.11. The van der Waals surface area contributed by atoms with Crippen LogP contribution in [0, 0.1) is 0 Å². The van der Waals surface area contributed by atoms with Crippen LogP contribution in [0.3, 0.4) is 0 Å². The normalized spacial score (nSPS) is 12.1. The number of hydrogen-bond donors (Lipinski definition) is 1. The molecule has 0 saturated carbocycles. The summed E-state index contributed by atoms with van der Waals surface area (Å²) in [5.74, 6) is 0.525. The number of methoxy groups -OCH3 is 1. The minimum atomic E-state index is -3.22. The van der Waals surface area contributed by atoms with E-state index in [0.29, 0.717) is 36.7 Å². The number of rotatable bonds is 6. The van der Waals surface area contributed by atoms with Gasteiger partial charge in [-0.15, -0.1) is 0 Å². The molecular formula is C12H16N2O4S. The van der Waals surface area contributed by atoms with Crippen LogP contribution in [0.2, 0.25) is 0 Å². The molecule has 0 unspecified atom stereocenters. The second-order valence-electron chi connectivity index (χ2n) is 4.18. The van der Waals surface area contributed by atoms with Crippen LogP contribution in [0.4, 0.5) is 0 Å². The highest BCUT2D eigenvalue weighted by Gasteiger charge is 2.11. The standard InChI is InChI=1S/C12H16N2O4S/c1-17-6-5-13-8-12-14-10-7-9(19(2,15)16)3-4-11(10)18-12/h3-4,7,13H,5-6,8H2,1-2H3. The molecule has 1 aromatic heterocycles. The van der Waals surface area contributed by atoms with Gasteiger partial charge in [-0.05, 0) is 18.2 Å². The van der Waals surface area contributed by atoms with E-state index in [1.54, 1.807) is 13.2 Å². The minimum absolute atomic E-state index is 0.243. The lowest BCUT2D eigenvalue weighted by Gasteiger charge is -1.99. The summed E-state index contributed by atoms with van der Waals surface area (Å²) in [6.07, 6.45) is 1.17. The van der Waals surface area contributed by atoms with E-state index < -0.39 is 9.84 Å². The maximum absolute atomic E-state index is 11.4. The summed E-state index contributed by atoms with van der Waals surface area (Å²) >= 11 is 0. The molecule has 1 heterocycles. The van der Waals surface area contributed by atoms with Gasteiger partial charge >= 0.3 is 0 Å². The molecule has 2 rings (SSSR count). The van der Waals surface area contributed by atoms with Crippen molar-refractivity contribution in [1.82, 2.24) is 10.3 Å². The molecule has 0 amide bonds. The van der Waals surface area contributed by atoms with E-state index in [0.717, 1.165) is 0 Å². The topological polar surface area (TPSA) is 81.4 Å². The smallest absolute Gasteiger partial charge is 0.209 e. The summed E-state index contributed by atoms with van der Waals surface area (Å²) in [4.78, 5) is 4.49. The van der Waals surface area contributed by atoms with Crippen LogP contribution in [0.1, 0.15) is 5.89 Å². The van der Waals surface area contributed by atoms with Crippen molar-refractivity contribution in [2.24, 2.45) is 0 Å². The van der Waals surface area contributed by atoms with Crippen molar-refractivity contribution < 1.29 is 17.6 Å². The van der Waals surface area contributed by atoms with Gasteiger partial charge in [0.05, 0.1) is 18.0 Å².